The Balaban J connectivity index is 2.41. The van der Waals surface area contributed by atoms with Crippen molar-refractivity contribution in [3.05, 3.63) is 28.8 Å². The molecular weight excluding hydrogens is 324 g/mol. The molecule has 0 fully saturated rings. The molecule has 1 rings (SSSR count). The largest absolute Gasteiger partial charge is 0.357 e. The first-order valence-electron chi connectivity index (χ1n) is 8.50. The van der Waals surface area contributed by atoms with Gasteiger partial charge in [0.25, 0.3) is 0 Å². The van der Waals surface area contributed by atoms with Crippen LogP contribution in [-0.4, -0.2) is 31.5 Å². The Bertz CT molecular complexity index is 558. The number of guanidine groups is 1. The lowest BCUT2D eigenvalue weighted by molar-refractivity contribution is -0.116. The van der Waals surface area contributed by atoms with Gasteiger partial charge in [-0.25, -0.2) is 0 Å². The third kappa shape index (κ3) is 8.20. The maximum atomic E-state index is 12.0. The first-order valence-corrected chi connectivity index (χ1v) is 8.88. The van der Waals surface area contributed by atoms with Gasteiger partial charge >= 0.3 is 0 Å². The third-order valence-corrected chi connectivity index (χ3v) is 3.68. The number of nitrogens with one attached hydrogen (secondary N) is 3. The second-order valence-electron chi connectivity index (χ2n) is 6.15. The van der Waals surface area contributed by atoms with E-state index in [-0.39, 0.29) is 5.91 Å². The van der Waals surface area contributed by atoms with Gasteiger partial charge in [0.05, 0.1) is 10.7 Å². The molecule has 1 aromatic carbocycles. The number of amides is 1. The van der Waals surface area contributed by atoms with Crippen molar-refractivity contribution in [2.24, 2.45) is 10.9 Å². The molecule has 0 heterocycles. The molecule has 6 heteroatoms. The fourth-order valence-corrected chi connectivity index (χ4v) is 2.29. The summed E-state index contributed by atoms with van der Waals surface area (Å²) in [7, 11) is 0. The Morgan fingerprint density at radius 2 is 2.04 bits per heavy atom. The summed E-state index contributed by atoms with van der Waals surface area (Å²) in [6.07, 6.45) is 1.39. The summed E-state index contributed by atoms with van der Waals surface area (Å²) in [5, 5.41) is 9.75. The minimum absolute atomic E-state index is 0.0775. The number of carbonyl (C=O) groups excluding carboxylic acids is 1. The summed E-state index contributed by atoms with van der Waals surface area (Å²) < 4.78 is 0. The number of carbonyl (C=O) groups is 1. The highest BCUT2D eigenvalue weighted by molar-refractivity contribution is 6.33. The Hall–Kier alpha value is -1.75. The highest BCUT2D eigenvalue weighted by Crippen LogP contribution is 2.22. The molecule has 0 aliphatic rings. The van der Waals surface area contributed by atoms with Crippen LogP contribution in [-0.2, 0) is 4.79 Å². The molecular formula is C18H29ClN4O. The molecule has 3 N–H and O–H groups in total. The van der Waals surface area contributed by atoms with Crippen LogP contribution in [0.2, 0.25) is 5.02 Å². The van der Waals surface area contributed by atoms with Gasteiger partial charge in [0.1, 0.15) is 0 Å². The first-order chi connectivity index (χ1) is 11.4. The minimum Gasteiger partial charge on any atom is -0.357 e. The lowest BCUT2D eigenvalue weighted by Crippen LogP contribution is -2.38. The molecule has 134 valence electrons. The summed E-state index contributed by atoms with van der Waals surface area (Å²) in [4.78, 5) is 16.5. The van der Waals surface area contributed by atoms with E-state index in [4.69, 9.17) is 11.6 Å². The topological polar surface area (TPSA) is 65.5 Å². The van der Waals surface area contributed by atoms with E-state index in [9.17, 15) is 4.79 Å². The molecule has 0 saturated carbocycles. The van der Waals surface area contributed by atoms with Crippen LogP contribution >= 0.6 is 11.6 Å². The van der Waals surface area contributed by atoms with Crippen molar-refractivity contribution in [3.8, 4) is 0 Å². The van der Waals surface area contributed by atoms with Crippen LogP contribution in [0.25, 0.3) is 0 Å². The molecule has 1 aromatic rings. The zero-order valence-electron chi connectivity index (χ0n) is 15.1. The van der Waals surface area contributed by atoms with E-state index >= 15 is 0 Å². The quantitative estimate of drug-likeness (QED) is 0.495. The van der Waals surface area contributed by atoms with Crippen LogP contribution in [0.5, 0.6) is 0 Å². The predicted molar refractivity (Wildman–Crippen MR) is 103 cm³/mol. The Labute approximate surface area is 150 Å². The molecule has 5 nitrogen and oxygen atoms in total. The Morgan fingerprint density at radius 1 is 1.29 bits per heavy atom. The second-order valence-corrected chi connectivity index (χ2v) is 6.56. The summed E-state index contributed by atoms with van der Waals surface area (Å²) >= 11 is 6.12. The number of nitrogens with zero attached hydrogens (tertiary/aromatic N) is 1. The summed E-state index contributed by atoms with van der Waals surface area (Å²) in [6.45, 7) is 10.4. The van der Waals surface area contributed by atoms with Crippen LogP contribution in [0.3, 0.4) is 0 Å². The van der Waals surface area contributed by atoms with E-state index < -0.39 is 0 Å². The van der Waals surface area contributed by atoms with Crippen LogP contribution in [0.15, 0.2) is 23.2 Å². The fraction of sp³-hybridized carbons (Fsp3) is 0.556. The monoisotopic (exact) mass is 352 g/mol. The normalized spacial score (nSPS) is 11.5. The van der Waals surface area contributed by atoms with Crippen molar-refractivity contribution in [2.75, 3.05) is 25.0 Å². The van der Waals surface area contributed by atoms with Crippen LogP contribution in [0, 0.1) is 12.8 Å². The molecule has 0 atom stereocenters. The summed E-state index contributed by atoms with van der Waals surface area (Å²) in [6, 6.07) is 5.57. The number of rotatable bonds is 8. The number of halogens is 1. The van der Waals surface area contributed by atoms with Crippen molar-refractivity contribution >= 4 is 29.2 Å². The lowest BCUT2D eigenvalue weighted by atomic mass is 10.1. The van der Waals surface area contributed by atoms with Gasteiger partial charge in [0, 0.05) is 26.1 Å². The minimum atomic E-state index is -0.0775. The first kappa shape index (κ1) is 20.3. The van der Waals surface area contributed by atoms with E-state index in [1.807, 2.05) is 32.0 Å². The zero-order valence-corrected chi connectivity index (χ0v) is 15.8. The number of hydrogen-bond donors (Lipinski definition) is 3. The molecule has 24 heavy (non-hydrogen) atoms. The van der Waals surface area contributed by atoms with Crippen molar-refractivity contribution in [2.45, 2.75) is 40.5 Å². The van der Waals surface area contributed by atoms with E-state index in [2.05, 4.69) is 34.8 Å². The van der Waals surface area contributed by atoms with E-state index in [1.54, 1.807) is 0 Å². The van der Waals surface area contributed by atoms with Gasteiger partial charge < -0.3 is 16.0 Å². The van der Waals surface area contributed by atoms with Gasteiger partial charge in [-0.3, -0.25) is 9.79 Å². The van der Waals surface area contributed by atoms with Crippen molar-refractivity contribution in [1.82, 2.24) is 10.6 Å². The molecule has 0 aliphatic heterocycles. The van der Waals surface area contributed by atoms with Crippen LogP contribution in [0.4, 0.5) is 5.69 Å². The molecule has 0 radical (unpaired) electrons. The Morgan fingerprint density at radius 3 is 2.67 bits per heavy atom. The van der Waals surface area contributed by atoms with E-state index in [0.717, 1.165) is 31.0 Å². The average Bonchev–Trinajstić information content (AvgIpc) is 2.50. The van der Waals surface area contributed by atoms with Gasteiger partial charge in [-0.05, 0) is 43.9 Å². The van der Waals surface area contributed by atoms with Gasteiger partial charge in [-0.15, -0.1) is 0 Å². The molecule has 0 unspecified atom stereocenters. The molecule has 0 aromatic heterocycles. The lowest BCUT2D eigenvalue weighted by Gasteiger charge is -2.12. The summed E-state index contributed by atoms with van der Waals surface area (Å²) in [5.74, 6) is 1.30. The molecule has 0 spiro atoms. The number of aryl methyl sites for hydroxylation is 1. The zero-order chi connectivity index (χ0) is 17.9. The number of aliphatic imine (C=N–C) groups is 1. The van der Waals surface area contributed by atoms with E-state index in [1.165, 1.54) is 0 Å². The third-order valence-electron chi connectivity index (χ3n) is 3.36. The maximum Gasteiger partial charge on any atom is 0.226 e. The van der Waals surface area contributed by atoms with Gasteiger partial charge in [0.2, 0.25) is 5.91 Å². The van der Waals surface area contributed by atoms with Crippen LogP contribution in [0.1, 0.15) is 39.2 Å². The molecule has 0 bridgehead atoms. The Kier molecular flexibility index (Phi) is 9.23. The molecule has 0 aliphatic carbocycles. The SMILES string of the molecule is CCNC(=NCCC(C)C)NCCC(=O)Nc1ccc(C)cc1Cl. The molecule has 0 saturated heterocycles. The highest BCUT2D eigenvalue weighted by Gasteiger charge is 2.06. The smallest absolute Gasteiger partial charge is 0.226 e. The maximum absolute atomic E-state index is 12.0. The number of hydrogen-bond acceptors (Lipinski definition) is 2. The standard InChI is InChI=1S/C18H29ClN4O/c1-5-20-18(21-10-8-13(2)3)22-11-9-17(24)23-16-7-6-14(4)12-15(16)19/h6-7,12-13H,5,8-11H2,1-4H3,(H,23,24)(H2,20,21,22). The van der Waals surface area contributed by atoms with E-state index in [0.29, 0.717) is 29.6 Å². The van der Waals surface area contributed by atoms with Crippen molar-refractivity contribution in [3.63, 3.8) is 0 Å². The second kappa shape index (κ2) is 10.9. The fourth-order valence-electron chi connectivity index (χ4n) is 2.00. The van der Waals surface area contributed by atoms with Gasteiger partial charge in [-0.2, -0.15) is 0 Å². The number of benzene rings is 1. The number of anilines is 1. The molecule has 1 amide bonds. The van der Waals surface area contributed by atoms with Crippen molar-refractivity contribution < 1.29 is 4.79 Å². The van der Waals surface area contributed by atoms with Crippen LogP contribution < -0.4 is 16.0 Å². The van der Waals surface area contributed by atoms with Gasteiger partial charge in [-0.1, -0.05) is 31.5 Å². The van der Waals surface area contributed by atoms with Crippen molar-refractivity contribution in [1.29, 1.82) is 0 Å². The highest BCUT2D eigenvalue weighted by atomic mass is 35.5. The summed E-state index contributed by atoms with van der Waals surface area (Å²) in [5.41, 5.74) is 1.71. The predicted octanol–water partition coefficient (Wildman–Crippen LogP) is 3.58. The van der Waals surface area contributed by atoms with Gasteiger partial charge in [0.15, 0.2) is 5.96 Å². The average molecular weight is 353 g/mol.